The van der Waals surface area contributed by atoms with Crippen molar-refractivity contribution in [2.75, 3.05) is 0 Å². The van der Waals surface area contributed by atoms with Crippen molar-refractivity contribution in [1.82, 2.24) is 0 Å². The zero-order chi connectivity index (χ0) is 46.0. The molecule has 0 N–H and O–H groups in total. The molecule has 10 aliphatic carbocycles. The third kappa shape index (κ3) is 11.0. The molecule has 8 bridgehead atoms. The normalized spacial score (nSPS) is 28.9. The molecule has 0 unspecified atom stereocenters. The molecule has 0 saturated heterocycles. The van der Waals surface area contributed by atoms with Gasteiger partial charge < -0.3 is 14.9 Å². The molecule has 6 aromatic carbocycles. The van der Waals surface area contributed by atoms with Gasteiger partial charge in [-0.2, -0.15) is 12.1 Å². The van der Waals surface area contributed by atoms with Crippen LogP contribution in [0.2, 0.25) is 0 Å². The van der Waals surface area contributed by atoms with Gasteiger partial charge in [-0.1, -0.05) is 150 Å². The summed E-state index contributed by atoms with van der Waals surface area (Å²) >= 11 is 1.36. The maximum absolute atomic E-state index is 3.06. The molecule has 0 spiro atoms. The van der Waals surface area contributed by atoms with Crippen LogP contribution in [0.4, 0.5) is 0 Å². The third-order valence-corrected chi connectivity index (χ3v) is 20.5. The Kier molecular flexibility index (Phi) is 18.3. The zero-order valence-electron chi connectivity index (χ0n) is 44.6. The molecule has 0 aliphatic heterocycles. The van der Waals surface area contributed by atoms with Crippen molar-refractivity contribution in [2.45, 2.75) is 179 Å². The van der Waals surface area contributed by atoms with Crippen molar-refractivity contribution in [3.05, 3.63) is 145 Å². The number of hydrogen-bond donors (Lipinski definition) is 0. The summed E-state index contributed by atoms with van der Waals surface area (Å²) in [6, 6.07) is 39.4. The van der Waals surface area contributed by atoms with Crippen LogP contribution in [0.5, 0.6) is 0 Å². The van der Waals surface area contributed by atoms with Gasteiger partial charge in [-0.05, 0) is 170 Å². The van der Waals surface area contributed by atoms with Crippen molar-refractivity contribution in [2.24, 2.45) is 47.3 Å². The number of fused-ring (bicyclic) bond motifs is 2. The molecule has 384 valence electrons. The van der Waals surface area contributed by atoms with E-state index in [0.717, 1.165) is 47.3 Å². The molecule has 16 rings (SSSR count). The number of benzene rings is 4. The second kappa shape index (κ2) is 23.6. The van der Waals surface area contributed by atoms with Crippen LogP contribution < -0.4 is 0 Å². The minimum atomic E-state index is 0. The van der Waals surface area contributed by atoms with E-state index in [-0.39, 0.29) is 39.7 Å². The first-order valence-corrected chi connectivity index (χ1v) is 32.3. The number of aryl methyl sites for hydroxylation is 2. The Balaban J connectivity index is 0.000000177. The number of halogens is 2. The summed E-state index contributed by atoms with van der Waals surface area (Å²) in [7, 11) is 0. The second-order valence-corrected chi connectivity index (χ2v) is 25.2. The summed E-state index contributed by atoms with van der Waals surface area (Å²) in [5.41, 5.74) is 16.0. The van der Waals surface area contributed by atoms with Gasteiger partial charge in [0.05, 0.1) is 0 Å². The van der Waals surface area contributed by atoms with E-state index in [1.807, 2.05) is 0 Å². The van der Waals surface area contributed by atoms with E-state index in [0.29, 0.717) is 10.8 Å². The summed E-state index contributed by atoms with van der Waals surface area (Å²) in [5, 5.41) is 5.90. The van der Waals surface area contributed by atoms with Crippen LogP contribution in [-0.4, -0.2) is 6.88 Å². The molecule has 2 radical (unpaired) electrons. The molecule has 72 heavy (non-hydrogen) atoms. The Bertz CT molecular complexity index is 2460. The number of rotatable bonds is 8. The third-order valence-electron chi connectivity index (χ3n) is 20.5. The molecule has 0 heterocycles. The van der Waals surface area contributed by atoms with Gasteiger partial charge in [-0.25, -0.2) is 0 Å². The second-order valence-electron chi connectivity index (χ2n) is 25.2. The molecule has 0 amide bonds. The fourth-order valence-electron chi connectivity index (χ4n) is 18.1. The average Bonchev–Trinajstić information content (AvgIpc) is 3.98. The fourth-order valence-corrected chi connectivity index (χ4v) is 18.1. The molecule has 10 saturated carbocycles. The van der Waals surface area contributed by atoms with Crippen molar-refractivity contribution >= 4 is 53.2 Å². The van der Waals surface area contributed by atoms with Crippen LogP contribution in [0.15, 0.2) is 97.1 Å². The summed E-state index contributed by atoms with van der Waals surface area (Å²) in [6.07, 6.45) is 34.8. The van der Waals surface area contributed by atoms with Crippen molar-refractivity contribution in [3.63, 3.8) is 0 Å². The molecule has 6 aromatic rings. The summed E-state index contributed by atoms with van der Waals surface area (Å²) in [4.78, 5) is 0. The summed E-state index contributed by atoms with van der Waals surface area (Å²) in [6.45, 7) is 7.63. The maximum atomic E-state index is 3.06. The molecule has 0 aromatic heterocycles. The fraction of sp³-hybridized carbons (Fsp3) is 0.529. The van der Waals surface area contributed by atoms with Gasteiger partial charge in [0.2, 0.25) is 0 Å². The molecule has 4 heteroatoms. The Morgan fingerprint density at radius 1 is 0.444 bits per heavy atom. The van der Waals surface area contributed by atoms with Gasteiger partial charge in [-0.3, -0.25) is 0 Å². The summed E-state index contributed by atoms with van der Waals surface area (Å²) < 4.78 is 0. The monoisotopic (exact) mass is 1090 g/mol. The molecular formula is C68H86Cl2SiZr-4. The van der Waals surface area contributed by atoms with Crippen LogP contribution in [-0.2, 0) is 47.0 Å². The first-order valence-electron chi connectivity index (χ1n) is 28.1. The first kappa shape index (κ1) is 56.0. The topological polar surface area (TPSA) is 0 Å². The van der Waals surface area contributed by atoms with Crippen LogP contribution >= 0.6 is 24.8 Å². The van der Waals surface area contributed by atoms with E-state index in [1.54, 1.807) is 22.3 Å². The Morgan fingerprint density at radius 3 is 1.06 bits per heavy atom. The van der Waals surface area contributed by atoms with E-state index >= 15 is 0 Å². The SMILES string of the molecule is Cc1ccc(-c2ccc(C34CC5CC(CC(C5)C3)C4)cc2)c2cc(CC3CCCCC3)[cH-]c12.Cc1ccc(-c2ccc(C34CC5CC(CC(C5)C3)C4)cc2)c2cc(CC3CCCCC3)[cH-]c12.Cl.Cl.[CH3-].[CH3-].[Si]=[Zr]. The Morgan fingerprint density at radius 2 is 0.750 bits per heavy atom. The van der Waals surface area contributed by atoms with E-state index in [9.17, 15) is 0 Å². The molecular weight excluding hydrogens is 1010 g/mol. The van der Waals surface area contributed by atoms with E-state index in [1.165, 1.54) is 232 Å². The van der Waals surface area contributed by atoms with Gasteiger partial charge in [0.25, 0.3) is 0 Å². The standard InChI is InChI=1S/2C33H39.2CH3.2ClH.Si.Zr/c2*1-22-7-12-30(32-18-24(17-31(22)32)13-23-5-3-2-4-6-23)28-8-10-29(11-9-28)33-19-25-14-26(20-33)16-27(15-25)21-33;;;;;;/h2*7-12,17-18,23,25-27H,2-6,13-16,19-21H2,1H3;2*1H3;2*1H;;/q4*-1;;;;. The van der Waals surface area contributed by atoms with Gasteiger partial charge in [0, 0.05) is 0 Å². The Hall–Kier alpha value is -2.22. The van der Waals surface area contributed by atoms with Crippen LogP contribution in [0.3, 0.4) is 0 Å². The van der Waals surface area contributed by atoms with E-state index < -0.39 is 0 Å². The van der Waals surface area contributed by atoms with E-state index in [4.69, 9.17) is 0 Å². The van der Waals surface area contributed by atoms with Gasteiger partial charge in [0.1, 0.15) is 0 Å². The summed E-state index contributed by atoms with van der Waals surface area (Å²) in [5.74, 6) is 7.88. The molecule has 0 nitrogen and oxygen atoms in total. The van der Waals surface area contributed by atoms with Crippen LogP contribution in [0.1, 0.15) is 175 Å². The predicted molar refractivity (Wildman–Crippen MR) is 313 cm³/mol. The van der Waals surface area contributed by atoms with Crippen molar-refractivity contribution < 1.29 is 23.3 Å². The average molecular weight is 1090 g/mol. The van der Waals surface area contributed by atoms with Crippen molar-refractivity contribution in [3.8, 4) is 22.3 Å². The van der Waals surface area contributed by atoms with Crippen molar-refractivity contribution in [1.29, 1.82) is 0 Å². The van der Waals surface area contributed by atoms with E-state index in [2.05, 4.69) is 118 Å². The van der Waals surface area contributed by atoms with Gasteiger partial charge in [-0.15, -0.1) is 92.9 Å². The van der Waals surface area contributed by atoms with Crippen LogP contribution in [0.25, 0.3) is 43.8 Å². The quantitative estimate of drug-likeness (QED) is 0.105. The van der Waals surface area contributed by atoms with Crippen LogP contribution in [0, 0.1) is 76.0 Å². The van der Waals surface area contributed by atoms with Gasteiger partial charge in [0.15, 0.2) is 0 Å². The van der Waals surface area contributed by atoms with Gasteiger partial charge >= 0.3 is 30.2 Å². The first-order chi connectivity index (χ1) is 33.3. The zero-order valence-corrected chi connectivity index (χ0v) is 49.7. The predicted octanol–water partition coefficient (Wildman–Crippen LogP) is 19.6. The number of hydrogen-bond acceptors (Lipinski definition) is 0. The molecule has 10 aliphatic rings. The molecule has 10 fully saturated rings. The Labute approximate surface area is 466 Å². The molecule has 0 atom stereocenters. The minimum absolute atomic E-state index is 0.